The fourth-order valence-corrected chi connectivity index (χ4v) is 1.06. The average molecular weight is 221 g/mol. The summed E-state index contributed by atoms with van der Waals surface area (Å²) in [4.78, 5) is 11.1. The monoisotopic (exact) mass is 221 g/mol. The zero-order valence-corrected chi connectivity index (χ0v) is 8.04. The van der Waals surface area contributed by atoms with E-state index in [9.17, 15) is 18.0 Å². The van der Waals surface area contributed by atoms with Gasteiger partial charge in [0.05, 0.1) is 12.2 Å². The Morgan fingerprint density at radius 3 is 2.60 bits per heavy atom. The van der Waals surface area contributed by atoms with E-state index in [1.165, 1.54) is 7.11 Å². The standard InChI is InChI=1S/C9H10F3NO2/c1-15-5-4-13-6-7(9(10,11)12)2-3-8(13)14/h2-3,6H,4-5H2,1H3. The molecule has 0 fully saturated rings. The lowest BCUT2D eigenvalue weighted by molar-refractivity contribution is -0.138. The second-order valence-electron chi connectivity index (χ2n) is 2.94. The van der Waals surface area contributed by atoms with Gasteiger partial charge in [-0.1, -0.05) is 0 Å². The van der Waals surface area contributed by atoms with Crippen LogP contribution in [-0.2, 0) is 17.5 Å². The summed E-state index contributed by atoms with van der Waals surface area (Å²) >= 11 is 0. The Morgan fingerprint density at radius 1 is 1.40 bits per heavy atom. The van der Waals surface area contributed by atoms with Crippen molar-refractivity contribution in [3.8, 4) is 0 Å². The van der Waals surface area contributed by atoms with Crippen LogP contribution in [0.4, 0.5) is 13.2 Å². The van der Waals surface area contributed by atoms with Gasteiger partial charge in [-0.25, -0.2) is 0 Å². The Labute approximate surface area is 84.1 Å². The summed E-state index contributed by atoms with van der Waals surface area (Å²) in [6.07, 6.45) is -3.64. The van der Waals surface area contributed by atoms with Gasteiger partial charge in [0.2, 0.25) is 0 Å². The lowest BCUT2D eigenvalue weighted by Gasteiger charge is -2.09. The molecular weight excluding hydrogens is 211 g/mol. The number of hydrogen-bond acceptors (Lipinski definition) is 2. The van der Waals surface area contributed by atoms with Crippen LogP contribution >= 0.6 is 0 Å². The van der Waals surface area contributed by atoms with Gasteiger partial charge in [0.1, 0.15) is 0 Å². The summed E-state index contributed by atoms with van der Waals surface area (Å²) < 4.78 is 42.5. The molecule has 0 aliphatic heterocycles. The van der Waals surface area contributed by atoms with Gasteiger partial charge < -0.3 is 9.30 Å². The van der Waals surface area contributed by atoms with Gasteiger partial charge in [-0.3, -0.25) is 4.79 Å². The van der Waals surface area contributed by atoms with Gasteiger partial charge in [-0.05, 0) is 6.07 Å². The number of rotatable bonds is 3. The van der Waals surface area contributed by atoms with Crippen molar-refractivity contribution >= 4 is 0 Å². The highest BCUT2D eigenvalue weighted by Crippen LogP contribution is 2.27. The fraction of sp³-hybridized carbons (Fsp3) is 0.444. The summed E-state index contributed by atoms with van der Waals surface area (Å²) in [6.45, 7) is 0.306. The minimum absolute atomic E-state index is 0.110. The van der Waals surface area contributed by atoms with Crippen LogP contribution in [0, 0.1) is 0 Å². The van der Waals surface area contributed by atoms with Crippen molar-refractivity contribution in [1.82, 2.24) is 4.57 Å². The molecule has 0 aliphatic carbocycles. The predicted molar refractivity (Wildman–Crippen MR) is 47.6 cm³/mol. The molecule has 0 saturated heterocycles. The minimum Gasteiger partial charge on any atom is -0.383 e. The lowest BCUT2D eigenvalue weighted by atomic mass is 10.3. The largest absolute Gasteiger partial charge is 0.417 e. The van der Waals surface area contributed by atoms with E-state index >= 15 is 0 Å². The van der Waals surface area contributed by atoms with E-state index in [4.69, 9.17) is 0 Å². The summed E-state index contributed by atoms with van der Waals surface area (Å²) in [6, 6.07) is 1.67. The van der Waals surface area contributed by atoms with Crippen LogP contribution in [0.3, 0.4) is 0 Å². The molecule has 0 N–H and O–H groups in total. The maximum Gasteiger partial charge on any atom is 0.417 e. The summed E-state index contributed by atoms with van der Waals surface area (Å²) in [7, 11) is 1.42. The third kappa shape index (κ3) is 3.09. The number of aromatic nitrogens is 1. The van der Waals surface area contributed by atoms with Gasteiger partial charge in [-0.15, -0.1) is 0 Å². The van der Waals surface area contributed by atoms with Crippen molar-refractivity contribution in [2.75, 3.05) is 13.7 Å². The predicted octanol–water partition coefficient (Wildman–Crippen LogP) is 1.51. The Morgan fingerprint density at radius 2 is 2.07 bits per heavy atom. The Bertz CT molecular complexity index is 384. The van der Waals surface area contributed by atoms with Crippen LogP contribution in [0.2, 0.25) is 0 Å². The van der Waals surface area contributed by atoms with Crippen LogP contribution in [-0.4, -0.2) is 18.3 Å². The Balaban J connectivity index is 3.01. The number of hydrogen-bond donors (Lipinski definition) is 0. The third-order valence-corrected chi connectivity index (χ3v) is 1.85. The number of halogens is 3. The Hall–Kier alpha value is -1.30. The van der Waals surface area contributed by atoms with Crippen molar-refractivity contribution < 1.29 is 17.9 Å². The average Bonchev–Trinajstić information content (AvgIpc) is 2.15. The van der Waals surface area contributed by atoms with Crippen LogP contribution in [0.1, 0.15) is 5.56 Å². The first-order chi connectivity index (χ1) is 6.95. The van der Waals surface area contributed by atoms with Gasteiger partial charge >= 0.3 is 6.18 Å². The second-order valence-corrected chi connectivity index (χ2v) is 2.94. The number of methoxy groups -OCH3 is 1. The van der Waals surface area contributed by atoms with Crippen LogP contribution in [0.5, 0.6) is 0 Å². The molecule has 6 heteroatoms. The number of pyridine rings is 1. The molecule has 0 unspecified atom stereocenters. The Kier molecular flexibility index (Phi) is 3.52. The molecule has 1 aromatic heterocycles. The van der Waals surface area contributed by atoms with E-state index in [0.717, 1.165) is 22.9 Å². The zero-order valence-electron chi connectivity index (χ0n) is 8.04. The van der Waals surface area contributed by atoms with Crippen molar-refractivity contribution in [1.29, 1.82) is 0 Å². The van der Waals surface area contributed by atoms with E-state index < -0.39 is 17.3 Å². The molecule has 0 bridgehead atoms. The summed E-state index contributed by atoms with van der Waals surface area (Å²) in [5.74, 6) is 0. The molecule has 3 nitrogen and oxygen atoms in total. The van der Waals surface area contributed by atoms with E-state index in [2.05, 4.69) is 4.74 Å². The first-order valence-electron chi connectivity index (χ1n) is 4.22. The van der Waals surface area contributed by atoms with Crippen molar-refractivity contribution in [3.05, 3.63) is 34.2 Å². The smallest absolute Gasteiger partial charge is 0.383 e. The summed E-state index contributed by atoms with van der Waals surface area (Å²) in [5, 5.41) is 0. The molecule has 84 valence electrons. The van der Waals surface area contributed by atoms with Gasteiger partial charge in [0.25, 0.3) is 5.56 Å². The molecule has 0 aliphatic rings. The van der Waals surface area contributed by atoms with E-state index in [-0.39, 0.29) is 13.2 Å². The third-order valence-electron chi connectivity index (χ3n) is 1.85. The fourth-order valence-electron chi connectivity index (χ4n) is 1.06. The van der Waals surface area contributed by atoms with E-state index in [1.54, 1.807) is 0 Å². The topological polar surface area (TPSA) is 31.2 Å². The van der Waals surface area contributed by atoms with E-state index in [1.807, 2.05) is 0 Å². The molecule has 0 radical (unpaired) electrons. The van der Waals surface area contributed by atoms with Crippen molar-refractivity contribution in [2.24, 2.45) is 0 Å². The summed E-state index contributed by atoms with van der Waals surface area (Å²) in [5.41, 5.74) is -1.31. The van der Waals surface area contributed by atoms with Crippen molar-refractivity contribution in [3.63, 3.8) is 0 Å². The molecule has 1 heterocycles. The first kappa shape index (κ1) is 11.8. The maximum absolute atomic E-state index is 12.3. The highest BCUT2D eigenvalue weighted by molar-refractivity contribution is 5.13. The quantitative estimate of drug-likeness (QED) is 0.774. The van der Waals surface area contributed by atoms with Crippen LogP contribution in [0.15, 0.2) is 23.1 Å². The molecule has 15 heavy (non-hydrogen) atoms. The normalized spacial score (nSPS) is 11.7. The van der Waals surface area contributed by atoms with Gasteiger partial charge in [0.15, 0.2) is 0 Å². The molecule has 1 aromatic rings. The highest BCUT2D eigenvalue weighted by atomic mass is 19.4. The SMILES string of the molecule is COCCn1cc(C(F)(F)F)ccc1=O. The highest BCUT2D eigenvalue weighted by Gasteiger charge is 2.30. The lowest BCUT2D eigenvalue weighted by Crippen LogP contribution is -2.23. The molecular formula is C9H10F3NO2. The van der Waals surface area contributed by atoms with E-state index in [0.29, 0.717) is 0 Å². The van der Waals surface area contributed by atoms with Crippen LogP contribution in [0.25, 0.3) is 0 Å². The van der Waals surface area contributed by atoms with Crippen LogP contribution < -0.4 is 5.56 Å². The molecule has 0 spiro atoms. The first-order valence-corrected chi connectivity index (χ1v) is 4.22. The minimum atomic E-state index is -4.43. The maximum atomic E-state index is 12.3. The molecule has 0 amide bonds. The van der Waals surface area contributed by atoms with Gasteiger partial charge in [-0.2, -0.15) is 13.2 Å². The second kappa shape index (κ2) is 4.48. The molecule has 0 saturated carbocycles. The molecule has 0 atom stereocenters. The zero-order chi connectivity index (χ0) is 11.5. The molecule has 1 rings (SSSR count). The molecule has 0 aromatic carbocycles. The van der Waals surface area contributed by atoms with Crippen molar-refractivity contribution in [2.45, 2.75) is 12.7 Å². The number of alkyl halides is 3. The number of nitrogens with zero attached hydrogens (tertiary/aromatic N) is 1. The number of ether oxygens (including phenoxy) is 1. The van der Waals surface area contributed by atoms with Gasteiger partial charge in [0, 0.05) is 25.9 Å².